The molecule has 0 bridgehead atoms. The topological polar surface area (TPSA) is 128 Å². The highest BCUT2D eigenvalue weighted by Gasteiger charge is 2.28. The number of esters is 1. The maximum Gasteiger partial charge on any atom is 0.410 e. The van der Waals surface area contributed by atoms with Gasteiger partial charge in [0.2, 0.25) is 5.82 Å². The van der Waals surface area contributed by atoms with E-state index in [9.17, 15) is 14.4 Å². The lowest BCUT2D eigenvalue weighted by Gasteiger charge is -2.33. The van der Waals surface area contributed by atoms with Gasteiger partial charge in [0.1, 0.15) is 11.7 Å². The molecule has 0 spiro atoms. The number of likely N-dealkylation sites (tertiary alicyclic amines) is 1. The Kier molecular flexibility index (Phi) is 6.91. The molecule has 2 amide bonds. The molecule has 11 heteroatoms. The molecule has 1 aliphatic rings. The number of nitrogens with one attached hydrogen (secondary N) is 1. The predicted molar refractivity (Wildman–Crippen MR) is 131 cm³/mol. The van der Waals surface area contributed by atoms with Gasteiger partial charge in [0.05, 0.1) is 5.56 Å². The SMILES string of the molecule is Cc1cc(C)n2nc(C(=O)Nc3ccc(C(=O)OC4CCN(C(=O)OC(C)(C)C)CC4)cc3)nc2n1. The van der Waals surface area contributed by atoms with Gasteiger partial charge in [-0.1, -0.05) is 0 Å². The number of hydrogen-bond donors (Lipinski definition) is 1. The number of aromatic nitrogens is 4. The van der Waals surface area contributed by atoms with Crippen LogP contribution in [0.1, 0.15) is 66.0 Å². The van der Waals surface area contributed by atoms with Crippen molar-refractivity contribution in [2.45, 2.75) is 59.2 Å². The molecule has 4 rings (SSSR count). The number of piperidine rings is 1. The molecule has 0 unspecified atom stereocenters. The van der Waals surface area contributed by atoms with Crippen LogP contribution in [0.5, 0.6) is 0 Å². The van der Waals surface area contributed by atoms with Crippen LogP contribution in [-0.4, -0.2) is 67.2 Å². The van der Waals surface area contributed by atoms with Crippen molar-refractivity contribution in [1.82, 2.24) is 24.5 Å². The van der Waals surface area contributed by atoms with Crippen molar-refractivity contribution in [1.29, 1.82) is 0 Å². The molecule has 0 atom stereocenters. The minimum atomic E-state index is -0.551. The van der Waals surface area contributed by atoms with E-state index in [4.69, 9.17) is 9.47 Å². The van der Waals surface area contributed by atoms with Gasteiger partial charge < -0.3 is 19.7 Å². The largest absolute Gasteiger partial charge is 0.459 e. The van der Waals surface area contributed by atoms with Crippen molar-refractivity contribution in [2.75, 3.05) is 18.4 Å². The molecule has 2 aromatic heterocycles. The summed E-state index contributed by atoms with van der Waals surface area (Å²) in [6.45, 7) is 10.1. The van der Waals surface area contributed by atoms with Crippen molar-refractivity contribution in [3.05, 3.63) is 53.1 Å². The van der Waals surface area contributed by atoms with Crippen LogP contribution in [0.3, 0.4) is 0 Å². The highest BCUT2D eigenvalue weighted by molar-refractivity contribution is 6.02. The zero-order valence-electron chi connectivity index (χ0n) is 21.1. The molecule has 1 aliphatic heterocycles. The lowest BCUT2D eigenvalue weighted by Crippen LogP contribution is -2.43. The minimum Gasteiger partial charge on any atom is -0.459 e. The number of hydrogen-bond acceptors (Lipinski definition) is 8. The molecule has 36 heavy (non-hydrogen) atoms. The Morgan fingerprint density at radius 2 is 1.69 bits per heavy atom. The summed E-state index contributed by atoms with van der Waals surface area (Å²) < 4.78 is 12.5. The number of rotatable bonds is 4. The van der Waals surface area contributed by atoms with Gasteiger partial charge in [0.25, 0.3) is 11.7 Å². The van der Waals surface area contributed by atoms with Crippen molar-refractivity contribution in [3.63, 3.8) is 0 Å². The van der Waals surface area contributed by atoms with E-state index < -0.39 is 17.5 Å². The van der Waals surface area contributed by atoms with Crippen LogP contribution < -0.4 is 5.32 Å². The van der Waals surface area contributed by atoms with E-state index in [1.54, 1.807) is 29.2 Å². The lowest BCUT2D eigenvalue weighted by atomic mass is 10.1. The maximum absolute atomic E-state index is 12.6. The van der Waals surface area contributed by atoms with Crippen molar-refractivity contribution in [2.24, 2.45) is 0 Å². The second-order valence-corrected chi connectivity index (χ2v) is 9.79. The van der Waals surface area contributed by atoms with Crippen LogP contribution in [0.25, 0.3) is 5.78 Å². The summed E-state index contributed by atoms with van der Waals surface area (Å²) in [5.74, 6) is -0.586. The molecule has 3 aromatic rings. The molecule has 1 N–H and O–H groups in total. The Morgan fingerprint density at radius 3 is 2.33 bits per heavy atom. The number of amides is 2. The van der Waals surface area contributed by atoms with Gasteiger partial charge in [-0.2, -0.15) is 4.98 Å². The number of carbonyl (C=O) groups excluding carboxylic acids is 3. The van der Waals surface area contributed by atoms with Gasteiger partial charge in [0.15, 0.2) is 0 Å². The molecule has 1 saturated heterocycles. The fraction of sp³-hybridized carbons (Fsp3) is 0.440. The fourth-order valence-electron chi connectivity index (χ4n) is 3.84. The third-order valence-corrected chi connectivity index (χ3v) is 5.57. The van der Waals surface area contributed by atoms with Crippen LogP contribution in [0.4, 0.5) is 10.5 Å². The van der Waals surface area contributed by atoms with E-state index in [-0.39, 0.29) is 18.0 Å². The third kappa shape index (κ3) is 5.96. The molecule has 0 saturated carbocycles. The Labute approximate surface area is 208 Å². The van der Waals surface area contributed by atoms with Gasteiger partial charge in [-0.15, -0.1) is 5.10 Å². The summed E-state index contributed by atoms with van der Waals surface area (Å²) in [7, 11) is 0. The first-order valence-electron chi connectivity index (χ1n) is 11.8. The number of nitrogens with zero attached hydrogens (tertiary/aromatic N) is 5. The summed E-state index contributed by atoms with van der Waals surface area (Å²) >= 11 is 0. The van der Waals surface area contributed by atoms with E-state index in [1.807, 2.05) is 40.7 Å². The van der Waals surface area contributed by atoms with Gasteiger partial charge in [-0.05, 0) is 65.0 Å². The van der Waals surface area contributed by atoms with Gasteiger partial charge in [-0.3, -0.25) is 4.79 Å². The second-order valence-electron chi connectivity index (χ2n) is 9.79. The quantitative estimate of drug-likeness (QED) is 0.546. The van der Waals surface area contributed by atoms with Gasteiger partial charge >= 0.3 is 12.1 Å². The van der Waals surface area contributed by atoms with E-state index in [0.717, 1.165) is 11.4 Å². The van der Waals surface area contributed by atoms with Crippen LogP contribution >= 0.6 is 0 Å². The number of benzene rings is 1. The second kappa shape index (κ2) is 9.92. The molecule has 11 nitrogen and oxygen atoms in total. The molecule has 1 aromatic carbocycles. The Hall–Kier alpha value is -4.02. The molecule has 190 valence electrons. The van der Waals surface area contributed by atoms with Crippen molar-refractivity contribution < 1.29 is 23.9 Å². The summed E-state index contributed by atoms with van der Waals surface area (Å²) in [5, 5.41) is 6.94. The summed E-state index contributed by atoms with van der Waals surface area (Å²) in [6.07, 6.45) is 0.445. The zero-order valence-corrected chi connectivity index (χ0v) is 21.1. The fourth-order valence-corrected chi connectivity index (χ4v) is 3.84. The first-order valence-corrected chi connectivity index (χ1v) is 11.8. The van der Waals surface area contributed by atoms with Crippen LogP contribution in [0.2, 0.25) is 0 Å². The Morgan fingerprint density at radius 1 is 1.03 bits per heavy atom. The van der Waals surface area contributed by atoms with Crippen molar-refractivity contribution in [3.8, 4) is 0 Å². The molecular weight excluding hydrogens is 464 g/mol. The average molecular weight is 495 g/mol. The van der Waals surface area contributed by atoms with Crippen LogP contribution in [0, 0.1) is 13.8 Å². The van der Waals surface area contributed by atoms with Crippen molar-refractivity contribution >= 4 is 29.4 Å². The van der Waals surface area contributed by atoms with Gasteiger partial charge in [-0.25, -0.2) is 19.1 Å². The highest BCUT2D eigenvalue weighted by atomic mass is 16.6. The van der Waals surface area contributed by atoms with Crippen LogP contribution in [-0.2, 0) is 9.47 Å². The molecule has 0 aliphatic carbocycles. The zero-order chi connectivity index (χ0) is 26.0. The Bertz CT molecular complexity index is 1290. The first-order chi connectivity index (χ1) is 17.0. The monoisotopic (exact) mass is 494 g/mol. The molecule has 1 fully saturated rings. The summed E-state index contributed by atoms with van der Waals surface area (Å²) in [4.78, 5) is 47.5. The third-order valence-electron chi connectivity index (χ3n) is 5.57. The smallest absolute Gasteiger partial charge is 0.410 e. The summed E-state index contributed by atoms with van der Waals surface area (Å²) in [6, 6.07) is 8.25. The number of aryl methyl sites for hydroxylation is 2. The normalized spacial score (nSPS) is 14.5. The predicted octanol–water partition coefficient (Wildman–Crippen LogP) is 3.55. The van der Waals surface area contributed by atoms with E-state index in [2.05, 4.69) is 20.4 Å². The lowest BCUT2D eigenvalue weighted by molar-refractivity contribution is -0.00341. The average Bonchev–Trinajstić information content (AvgIpc) is 3.23. The number of ether oxygens (including phenoxy) is 2. The molecule has 0 radical (unpaired) electrons. The number of fused-ring (bicyclic) bond motifs is 1. The van der Waals surface area contributed by atoms with Gasteiger partial charge in [0, 0.05) is 43.0 Å². The maximum atomic E-state index is 12.6. The number of carbonyl (C=O) groups is 3. The highest BCUT2D eigenvalue weighted by Crippen LogP contribution is 2.19. The van der Waals surface area contributed by atoms with E-state index >= 15 is 0 Å². The number of anilines is 1. The summed E-state index contributed by atoms with van der Waals surface area (Å²) in [5.41, 5.74) is 1.91. The van der Waals surface area contributed by atoms with Crippen LogP contribution in [0.15, 0.2) is 30.3 Å². The molecule has 3 heterocycles. The standard InChI is InChI=1S/C25H30N6O5/c1-15-14-16(2)31-23(26-15)28-20(29-31)21(32)27-18-8-6-17(7-9-18)22(33)35-19-10-12-30(13-11-19)24(34)36-25(3,4)5/h6-9,14,19H,10-13H2,1-5H3,(H,27,32). The van der Waals surface area contributed by atoms with E-state index in [0.29, 0.717) is 43.0 Å². The Balaban J connectivity index is 1.30. The molecular formula is C25H30N6O5. The first kappa shape index (κ1) is 25.1. The minimum absolute atomic E-state index is 0.00240. The van der Waals surface area contributed by atoms with E-state index in [1.165, 1.54) is 4.52 Å².